The Morgan fingerprint density at radius 1 is 1.21 bits per heavy atom. The Balaban J connectivity index is 1.55. The van der Waals surface area contributed by atoms with Crippen LogP contribution in [0.25, 0.3) is 10.2 Å². The minimum Gasteiger partial charge on any atom is -0.462 e. The molecule has 8 heteroatoms. The third-order valence-electron chi connectivity index (χ3n) is 5.93. The molecule has 2 aromatic heterocycles. The predicted molar refractivity (Wildman–Crippen MR) is 137 cm³/mol. The third-order valence-corrected chi connectivity index (χ3v) is 6.90. The van der Waals surface area contributed by atoms with Crippen LogP contribution in [-0.4, -0.2) is 52.1 Å². The largest absolute Gasteiger partial charge is 0.462 e. The number of anilines is 1. The van der Waals surface area contributed by atoms with Crippen LogP contribution in [0.5, 0.6) is 0 Å². The molecule has 4 aromatic rings. The minimum atomic E-state index is -0.299. The first-order valence-electron chi connectivity index (χ1n) is 11.5. The highest BCUT2D eigenvalue weighted by Crippen LogP contribution is 2.33. The maximum Gasteiger partial charge on any atom is 0.338 e. The monoisotopic (exact) mass is 477 g/mol. The van der Waals surface area contributed by atoms with Gasteiger partial charge in [0.05, 0.1) is 34.8 Å². The smallest absolute Gasteiger partial charge is 0.338 e. The number of rotatable bonds is 10. The molecule has 0 saturated carbocycles. The first-order chi connectivity index (χ1) is 16.5. The van der Waals surface area contributed by atoms with Crippen molar-refractivity contribution in [3.8, 4) is 0 Å². The topological polar surface area (TPSA) is 72.3 Å². The number of hydrogen-bond acceptors (Lipinski definition) is 7. The number of hydrogen-bond donors (Lipinski definition) is 1. The van der Waals surface area contributed by atoms with Crippen molar-refractivity contribution in [3.63, 3.8) is 0 Å². The van der Waals surface area contributed by atoms with Gasteiger partial charge < -0.3 is 19.5 Å². The number of thiazole rings is 1. The van der Waals surface area contributed by atoms with Gasteiger partial charge in [0, 0.05) is 25.0 Å². The molecule has 2 aromatic carbocycles. The Morgan fingerprint density at radius 3 is 2.76 bits per heavy atom. The van der Waals surface area contributed by atoms with Crippen molar-refractivity contribution in [2.45, 2.75) is 38.9 Å². The van der Waals surface area contributed by atoms with E-state index in [0.29, 0.717) is 24.8 Å². The fraction of sp³-hybridized carbons (Fsp3) is 0.346. The van der Waals surface area contributed by atoms with Gasteiger partial charge in [-0.1, -0.05) is 36.5 Å². The maximum atomic E-state index is 12.0. The van der Waals surface area contributed by atoms with Gasteiger partial charge in [-0.05, 0) is 62.8 Å². The Kier molecular flexibility index (Phi) is 7.59. The van der Waals surface area contributed by atoms with Crippen molar-refractivity contribution in [1.82, 2.24) is 19.4 Å². The van der Waals surface area contributed by atoms with Crippen molar-refractivity contribution in [2.75, 3.05) is 26.0 Å². The summed E-state index contributed by atoms with van der Waals surface area (Å²) < 4.78 is 8.43. The molecule has 0 aliphatic heterocycles. The number of benzene rings is 2. The van der Waals surface area contributed by atoms with E-state index in [1.54, 1.807) is 17.4 Å². The molecule has 0 amide bonds. The summed E-state index contributed by atoms with van der Waals surface area (Å²) >= 11 is 1.64. The highest BCUT2D eigenvalue weighted by molar-refractivity contribution is 7.22. The number of likely N-dealkylation sites (N-methyl/N-ethyl adjacent to an activating group) is 1. The summed E-state index contributed by atoms with van der Waals surface area (Å²) in [6, 6.07) is 14.5. The molecule has 178 valence electrons. The SMILES string of the molecule is CCOC(=O)c1cccc(CNc2nc3ccc(C(C(CC)N(C)C)n4ccnc4)cc3s2)c1. The van der Waals surface area contributed by atoms with E-state index in [-0.39, 0.29) is 12.0 Å². The first kappa shape index (κ1) is 23.9. The van der Waals surface area contributed by atoms with E-state index < -0.39 is 0 Å². The molecule has 0 fully saturated rings. The van der Waals surface area contributed by atoms with E-state index >= 15 is 0 Å². The molecule has 2 unspecified atom stereocenters. The molecule has 2 atom stereocenters. The number of carbonyl (C=O) groups excluding carboxylic acids is 1. The minimum absolute atomic E-state index is 0.163. The lowest BCUT2D eigenvalue weighted by Gasteiger charge is -2.33. The van der Waals surface area contributed by atoms with Crippen molar-refractivity contribution in [2.24, 2.45) is 0 Å². The molecule has 4 rings (SSSR count). The van der Waals surface area contributed by atoms with Crippen LogP contribution < -0.4 is 5.32 Å². The second kappa shape index (κ2) is 10.8. The van der Waals surface area contributed by atoms with Crippen molar-refractivity contribution in [3.05, 3.63) is 77.9 Å². The Hall–Kier alpha value is -3.23. The van der Waals surface area contributed by atoms with Crippen LogP contribution in [-0.2, 0) is 11.3 Å². The van der Waals surface area contributed by atoms with Gasteiger partial charge in [-0.15, -0.1) is 0 Å². The second-order valence-corrected chi connectivity index (χ2v) is 9.45. The van der Waals surface area contributed by atoms with Crippen molar-refractivity contribution < 1.29 is 9.53 Å². The van der Waals surface area contributed by atoms with Crippen LogP contribution in [0.1, 0.15) is 47.8 Å². The molecule has 0 spiro atoms. The zero-order valence-electron chi connectivity index (χ0n) is 20.1. The van der Waals surface area contributed by atoms with Crippen molar-refractivity contribution in [1.29, 1.82) is 0 Å². The number of nitrogens with zero attached hydrogens (tertiary/aromatic N) is 4. The van der Waals surface area contributed by atoms with Crippen molar-refractivity contribution >= 4 is 32.7 Å². The van der Waals surface area contributed by atoms with Gasteiger partial charge in [-0.25, -0.2) is 14.8 Å². The van der Waals surface area contributed by atoms with Gasteiger partial charge in [0.15, 0.2) is 5.13 Å². The van der Waals surface area contributed by atoms with Gasteiger partial charge >= 0.3 is 5.97 Å². The van der Waals surface area contributed by atoms with E-state index in [2.05, 4.69) is 59.0 Å². The molecule has 2 heterocycles. The molecule has 0 radical (unpaired) electrons. The molecule has 0 saturated heterocycles. The average Bonchev–Trinajstić information content (AvgIpc) is 3.50. The highest BCUT2D eigenvalue weighted by Gasteiger charge is 2.25. The van der Waals surface area contributed by atoms with E-state index in [9.17, 15) is 4.79 Å². The molecule has 34 heavy (non-hydrogen) atoms. The lowest BCUT2D eigenvalue weighted by Crippen LogP contribution is -2.36. The lowest BCUT2D eigenvalue weighted by atomic mass is 9.96. The molecular formula is C26H31N5O2S. The zero-order valence-corrected chi connectivity index (χ0v) is 20.9. The second-order valence-electron chi connectivity index (χ2n) is 8.41. The molecule has 7 nitrogen and oxygen atoms in total. The summed E-state index contributed by atoms with van der Waals surface area (Å²) in [5.74, 6) is -0.299. The average molecular weight is 478 g/mol. The van der Waals surface area contributed by atoms with Gasteiger partial charge in [-0.2, -0.15) is 0 Å². The fourth-order valence-electron chi connectivity index (χ4n) is 4.30. The molecule has 0 aliphatic carbocycles. The summed E-state index contributed by atoms with van der Waals surface area (Å²) in [5.41, 5.74) is 3.77. The summed E-state index contributed by atoms with van der Waals surface area (Å²) in [5, 5.41) is 4.26. The fourth-order valence-corrected chi connectivity index (χ4v) is 5.21. The molecule has 0 bridgehead atoms. The summed E-state index contributed by atoms with van der Waals surface area (Å²) in [6.45, 7) is 4.97. The Bertz CT molecular complexity index is 1240. The number of esters is 1. The third kappa shape index (κ3) is 5.29. The van der Waals surface area contributed by atoms with E-state index in [1.807, 2.05) is 43.8 Å². The molecular weight excluding hydrogens is 446 g/mol. The highest BCUT2D eigenvalue weighted by atomic mass is 32.1. The summed E-state index contributed by atoms with van der Waals surface area (Å²) in [6.07, 6.45) is 6.78. The van der Waals surface area contributed by atoms with Gasteiger partial charge in [0.25, 0.3) is 0 Å². The van der Waals surface area contributed by atoms with Crippen LogP contribution in [0, 0.1) is 0 Å². The Morgan fingerprint density at radius 2 is 2.06 bits per heavy atom. The van der Waals surface area contributed by atoms with Gasteiger partial charge in [0.2, 0.25) is 0 Å². The number of aromatic nitrogens is 3. The lowest BCUT2D eigenvalue weighted by molar-refractivity contribution is 0.0526. The molecule has 1 N–H and O–H groups in total. The van der Waals surface area contributed by atoms with E-state index in [4.69, 9.17) is 9.72 Å². The molecule has 0 aliphatic rings. The summed E-state index contributed by atoms with van der Waals surface area (Å²) in [7, 11) is 4.25. The first-order valence-corrected chi connectivity index (χ1v) is 12.4. The standard InChI is InChI=1S/C26H31N5O2S/c1-5-22(30(3)4)24(31-13-12-27-17-31)19-10-11-21-23(15-19)34-26(29-21)28-16-18-8-7-9-20(14-18)25(32)33-6-2/h7-15,17,22,24H,5-6,16H2,1-4H3,(H,28,29). The van der Waals surface area contributed by atoms with Crippen LogP contribution in [0.4, 0.5) is 5.13 Å². The Labute approximate surface area is 204 Å². The number of fused-ring (bicyclic) bond motifs is 1. The van der Waals surface area contributed by atoms with Crippen LogP contribution >= 0.6 is 11.3 Å². The van der Waals surface area contributed by atoms with E-state index in [0.717, 1.165) is 27.3 Å². The maximum absolute atomic E-state index is 12.0. The quantitative estimate of drug-likeness (QED) is 0.316. The number of imidazole rings is 1. The number of nitrogens with one attached hydrogen (secondary N) is 1. The number of carbonyl (C=O) groups is 1. The summed E-state index contributed by atoms with van der Waals surface area (Å²) in [4.78, 5) is 23.3. The van der Waals surface area contributed by atoms with E-state index in [1.165, 1.54) is 5.56 Å². The number of ether oxygens (including phenoxy) is 1. The van der Waals surface area contributed by atoms with Crippen LogP contribution in [0.2, 0.25) is 0 Å². The predicted octanol–water partition coefficient (Wildman–Crippen LogP) is 5.21. The van der Waals surface area contributed by atoms with Crippen LogP contribution in [0.15, 0.2) is 61.2 Å². The van der Waals surface area contributed by atoms with Gasteiger partial charge in [-0.3, -0.25) is 0 Å². The normalized spacial score (nSPS) is 13.2. The van der Waals surface area contributed by atoms with Gasteiger partial charge in [0.1, 0.15) is 0 Å². The zero-order chi connectivity index (χ0) is 24.1. The van der Waals surface area contributed by atoms with Crippen LogP contribution in [0.3, 0.4) is 0 Å².